The third-order valence-electron chi connectivity index (χ3n) is 1.88. The van der Waals surface area contributed by atoms with E-state index in [1.54, 1.807) is 0 Å². The number of anilines is 1. The van der Waals surface area contributed by atoms with Crippen LogP contribution in [-0.2, 0) is 6.42 Å². The highest BCUT2D eigenvalue weighted by Gasteiger charge is 2.05. The van der Waals surface area contributed by atoms with Crippen molar-refractivity contribution in [3.8, 4) is 0 Å². The lowest BCUT2D eigenvalue weighted by atomic mass is 10.1. The number of hydrogen-bond acceptors (Lipinski definition) is 4. The molecule has 0 aliphatic carbocycles. The largest absolute Gasteiger partial charge is 0.366 e. The van der Waals surface area contributed by atoms with Crippen molar-refractivity contribution >= 4 is 18.8 Å². The minimum Gasteiger partial charge on any atom is -0.366 e. The second-order valence-corrected chi connectivity index (χ2v) is 3.32. The number of nitrogens with two attached hydrogens (primary N) is 1. The van der Waals surface area contributed by atoms with Crippen LogP contribution < -0.4 is 5.73 Å². The van der Waals surface area contributed by atoms with Crippen molar-refractivity contribution in [3.63, 3.8) is 0 Å². The summed E-state index contributed by atoms with van der Waals surface area (Å²) in [4.78, 5) is 4.06. The molecule has 0 spiro atoms. The molecule has 0 bridgehead atoms. The molecule has 0 atom stereocenters. The molecule has 14 heavy (non-hydrogen) atoms. The molecule has 1 aromatic heterocycles. The molecule has 0 saturated carbocycles. The van der Waals surface area contributed by atoms with Crippen molar-refractivity contribution < 1.29 is 0 Å². The maximum absolute atomic E-state index is 5.44. The molecule has 4 nitrogen and oxygen atoms in total. The van der Waals surface area contributed by atoms with Gasteiger partial charge in [0.1, 0.15) is 5.82 Å². The highest BCUT2D eigenvalue weighted by molar-refractivity contribution is 7.78. The van der Waals surface area contributed by atoms with E-state index in [1.807, 2.05) is 30.3 Å². The number of benzene rings is 1. The smallest absolute Gasteiger partial charge is 0.240 e. The van der Waals surface area contributed by atoms with Crippen LogP contribution in [0, 0.1) is 0 Å². The molecule has 0 fully saturated rings. The molecule has 2 aromatic rings. The summed E-state index contributed by atoms with van der Waals surface area (Å²) in [5, 5.41) is 3.85. The van der Waals surface area contributed by atoms with Crippen LogP contribution in [0.3, 0.4) is 0 Å². The van der Waals surface area contributed by atoms with E-state index >= 15 is 0 Å². The molecule has 0 radical (unpaired) electrons. The van der Waals surface area contributed by atoms with Gasteiger partial charge in [0.05, 0.1) is 0 Å². The Balaban J connectivity index is 2.23. The van der Waals surface area contributed by atoms with Gasteiger partial charge in [0, 0.05) is 6.42 Å². The average Bonchev–Trinajstić information content (AvgIpc) is 2.47. The summed E-state index contributed by atoms with van der Waals surface area (Å²) >= 11 is 4.11. The maximum atomic E-state index is 5.44. The third-order valence-corrected chi connectivity index (χ3v) is 2.20. The number of thiol groups is 1. The Kier molecular flexibility index (Phi) is 2.41. The molecule has 2 N–H and O–H groups in total. The fourth-order valence-electron chi connectivity index (χ4n) is 1.24. The first-order valence-electron chi connectivity index (χ1n) is 4.20. The first-order valence-corrected chi connectivity index (χ1v) is 4.60. The van der Waals surface area contributed by atoms with Gasteiger partial charge in [0.15, 0.2) is 0 Å². The number of nitrogens with zero attached hydrogens (tertiary/aromatic N) is 3. The Bertz CT molecular complexity index is 424. The van der Waals surface area contributed by atoms with E-state index < -0.39 is 0 Å². The van der Waals surface area contributed by atoms with Crippen LogP contribution in [0.25, 0.3) is 0 Å². The van der Waals surface area contributed by atoms with Gasteiger partial charge in [-0.3, -0.25) is 0 Å². The molecular formula is C9H10N4S. The summed E-state index contributed by atoms with van der Waals surface area (Å²) in [6, 6.07) is 10.00. The number of rotatable bonds is 2. The average molecular weight is 206 g/mol. The lowest BCUT2D eigenvalue weighted by Crippen LogP contribution is -1.95. The molecule has 0 unspecified atom stereocenters. The summed E-state index contributed by atoms with van der Waals surface area (Å²) in [7, 11) is 0. The van der Waals surface area contributed by atoms with Crippen molar-refractivity contribution in [2.45, 2.75) is 6.42 Å². The van der Waals surface area contributed by atoms with Crippen LogP contribution in [0.4, 0.5) is 5.95 Å². The zero-order valence-electron chi connectivity index (χ0n) is 7.46. The van der Waals surface area contributed by atoms with Gasteiger partial charge in [-0.05, 0) is 18.4 Å². The molecule has 0 aliphatic heterocycles. The molecule has 0 aliphatic rings. The summed E-state index contributed by atoms with van der Waals surface area (Å²) in [5.74, 6) is 1.00. The Labute approximate surface area is 87.3 Å². The van der Waals surface area contributed by atoms with Crippen molar-refractivity contribution in [1.29, 1.82) is 0 Å². The van der Waals surface area contributed by atoms with E-state index in [0.717, 1.165) is 11.4 Å². The highest BCUT2D eigenvalue weighted by atomic mass is 32.1. The van der Waals surface area contributed by atoms with Crippen LogP contribution >= 0.6 is 12.8 Å². The van der Waals surface area contributed by atoms with Gasteiger partial charge in [-0.2, -0.15) is 9.07 Å². The number of hydrogen-bond donors (Lipinski definition) is 2. The molecule has 0 amide bonds. The van der Waals surface area contributed by atoms with Crippen molar-refractivity contribution in [2.75, 3.05) is 5.73 Å². The Hall–Kier alpha value is -1.49. The topological polar surface area (TPSA) is 56.7 Å². The van der Waals surface area contributed by atoms with Gasteiger partial charge in [-0.15, -0.1) is 5.10 Å². The van der Waals surface area contributed by atoms with E-state index in [1.165, 1.54) is 4.09 Å². The minimum atomic E-state index is 0.255. The molecule has 72 valence electrons. The van der Waals surface area contributed by atoms with Gasteiger partial charge in [0.25, 0.3) is 0 Å². The monoisotopic (exact) mass is 206 g/mol. The first-order chi connectivity index (χ1) is 6.75. The highest BCUT2D eigenvalue weighted by Crippen LogP contribution is 2.08. The van der Waals surface area contributed by atoms with Crippen LogP contribution in [0.1, 0.15) is 11.4 Å². The van der Waals surface area contributed by atoms with Crippen LogP contribution in [-0.4, -0.2) is 14.2 Å². The second kappa shape index (κ2) is 3.71. The lowest BCUT2D eigenvalue weighted by molar-refractivity contribution is 0.922. The van der Waals surface area contributed by atoms with E-state index in [-0.39, 0.29) is 5.95 Å². The van der Waals surface area contributed by atoms with Gasteiger partial charge >= 0.3 is 0 Å². The van der Waals surface area contributed by atoms with E-state index in [2.05, 4.69) is 22.9 Å². The Morgan fingerprint density at radius 1 is 1.29 bits per heavy atom. The summed E-state index contributed by atoms with van der Waals surface area (Å²) in [6.07, 6.45) is 0.689. The zero-order chi connectivity index (χ0) is 9.97. The van der Waals surface area contributed by atoms with Gasteiger partial charge in [-0.25, -0.2) is 0 Å². The lowest BCUT2D eigenvalue weighted by Gasteiger charge is -1.98. The predicted molar refractivity (Wildman–Crippen MR) is 58.1 cm³/mol. The molecular weight excluding hydrogens is 196 g/mol. The normalized spacial score (nSPS) is 10.4. The fourth-order valence-corrected chi connectivity index (χ4v) is 1.45. The van der Waals surface area contributed by atoms with Gasteiger partial charge in [-0.1, -0.05) is 30.3 Å². The molecule has 1 heterocycles. The number of aromatic nitrogens is 3. The summed E-state index contributed by atoms with van der Waals surface area (Å²) in [6.45, 7) is 0. The fraction of sp³-hybridized carbons (Fsp3) is 0.111. The second-order valence-electron chi connectivity index (χ2n) is 2.94. The van der Waals surface area contributed by atoms with Crippen LogP contribution in [0.15, 0.2) is 30.3 Å². The van der Waals surface area contributed by atoms with Crippen molar-refractivity contribution in [3.05, 3.63) is 41.7 Å². The van der Waals surface area contributed by atoms with Crippen molar-refractivity contribution in [1.82, 2.24) is 14.2 Å². The molecule has 2 rings (SSSR count). The maximum Gasteiger partial charge on any atom is 0.240 e. The van der Waals surface area contributed by atoms with E-state index in [9.17, 15) is 0 Å². The van der Waals surface area contributed by atoms with Gasteiger partial charge < -0.3 is 5.73 Å². The predicted octanol–water partition coefficient (Wildman–Crippen LogP) is 1.14. The zero-order valence-corrected chi connectivity index (χ0v) is 8.35. The van der Waals surface area contributed by atoms with Crippen LogP contribution in [0.5, 0.6) is 0 Å². The van der Waals surface area contributed by atoms with Gasteiger partial charge in [0.2, 0.25) is 5.95 Å². The Morgan fingerprint density at radius 3 is 2.57 bits per heavy atom. The summed E-state index contributed by atoms with van der Waals surface area (Å²) < 4.78 is 1.41. The molecule has 0 saturated heterocycles. The summed E-state index contributed by atoms with van der Waals surface area (Å²) in [5.41, 5.74) is 6.60. The first kappa shape index (κ1) is 9.08. The Morgan fingerprint density at radius 2 is 2.00 bits per heavy atom. The quantitative estimate of drug-likeness (QED) is 0.724. The van der Waals surface area contributed by atoms with Crippen LogP contribution in [0.2, 0.25) is 0 Å². The standard InChI is InChI=1S/C9H10N4S/c10-9-11-8(13(14)12-9)6-7-4-2-1-3-5-7/h1-5,14H,6H2,(H2,10,12). The third kappa shape index (κ3) is 1.88. The number of nitrogen functional groups attached to an aromatic ring is 1. The molecule has 1 aromatic carbocycles. The molecule has 5 heteroatoms. The van der Waals surface area contributed by atoms with Crippen molar-refractivity contribution in [2.24, 2.45) is 0 Å². The minimum absolute atomic E-state index is 0.255. The SMILES string of the molecule is Nc1nc(Cc2ccccc2)n(S)n1. The van der Waals surface area contributed by atoms with E-state index in [0.29, 0.717) is 6.42 Å². The van der Waals surface area contributed by atoms with E-state index in [4.69, 9.17) is 5.73 Å².